The van der Waals surface area contributed by atoms with Gasteiger partial charge in [-0.3, -0.25) is 10.1 Å². The number of hydrogen-bond donors (Lipinski definition) is 1. The molecule has 0 spiro atoms. The minimum atomic E-state index is -3.86. The fourth-order valence-electron chi connectivity index (χ4n) is 2.69. The number of nitro groups is 1. The van der Waals surface area contributed by atoms with Crippen LogP contribution in [0.2, 0.25) is 0 Å². The molecule has 1 aromatic rings. The SMILES string of the molecule is CNCC1CCCN(S(=O)(=O)c2ccc(Br)cc2[N+](=O)[O-])C1. The van der Waals surface area contributed by atoms with Crippen LogP contribution in [0.3, 0.4) is 0 Å². The molecular formula is C13H18BrN3O4S. The summed E-state index contributed by atoms with van der Waals surface area (Å²) in [5.74, 6) is 0.225. The summed E-state index contributed by atoms with van der Waals surface area (Å²) in [6, 6.07) is 4.02. The Kier molecular flexibility index (Phi) is 5.54. The van der Waals surface area contributed by atoms with E-state index in [0.29, 0.717) is 17.6 Å². The molecule has 2 rings (SSSR count). The molecule has 1 fully saturated rings. The second-order valence-electron chi connectivity index (χ2n) is 5.30. The second kappa shape index (κ2) is 7.03. The number of benzene rings is 1. The third-order valence-corrected chi connectivity index (χ3v) is 6.12. The average molecular weight is 392 g/mol. The van der Waals surface area contributed by atoms with Gasteiger partial charge in [-0.25, -0.2) is 8.42 Å². The fraction of sp³-hybridized carbons (Fsp3) is 0.538. The predicted molar refractivity (Wildman–Crippen MR) is 86.2 cm³/mol. The second-order valence-corrected chi connectivity index (χ2v) is 8.12. The van der Waals surface area contributed by atoms with E-state index in [-0.39, 0.29) is 10.8 Å². The van der Waals surface area contributed by atoms with E-state index in [1.54, 1.807) is 0 Å². The number of nitro benzene ring substituents is 1. The van der Waals surface area contributed by atoms with Crippen molar-refractivity contribution in [2.45, 2.75) is 17.7 Å². The van der Waals surface area contributed by atoms with Gasteiger partial charge in [-0.2, -0.15) is 4.31 Å². The van der Waals surface area contributed by atoms with Gasteiger partial charge in [0, 0.05) is 23.6 Å². The molecule has 122 valence electrons. The molecule has 1 aromatic carbocycles. The lowest BCUT2D eigenvalue weighted by Gasteiger charge is -2.31. The van der Waals surface area contributed by atoms with Gasteiger partial charge in [-0.05, 0) is 44.5 Å². The molecule has 1 aliphatic rings. The first-order valence-corrected chi connectivity index (χ1v) is 9.18. The summed E-state index contributed by atoms with van der Waals surface area (Å²) in [5.41, 5.74) is -0.398. The lowest BCUT2D eigenvalue weighted by Crippen LogP contribution is -2.42. The highest BCUT2D eigenvalue weighted by atomic mass is 79.9. The first-order valence-electron chi connectivity index (χ1n) is 6.95. The van der Waals surface area contributed by atoms with Gasteiger partial charge >= 0.3 is 0 Å². The third kappa shape index (κ3) is 3.65. The van der Waals surface area contributed by atoms with Gasteiger partial charge in [0.05, 0.1) is 4.92 Å². The van der Waals surface area contributed by atoms with Gasteiger partial charge in [0.2, 0.25) is 10.0 Å². The number of nitrogens with zero attached hydrogens (tertiary/aromatic N) is 2. The number of sulfonamides is 1. The maximum Gasteiger partial charge on any atom is 0.290 e. The van der Waals surface area contributed by atoms with Crippen molar-refractivity contribution in [3.63, 3.8) is 0 Å². The van der Waals surface area contributed by atoms with Crippen molar-refractivity contribution in [3.05, 3.63) is 32.8 Å². The summed E-state index contributed by atoms with van der Waals surface area (Å²) < 4.78 is 27.4. The van der Waals surface area contributed by atoms with Crippen molar-refractivity contribution < 1.29 is 13.3 Å². The maximum absolute atomic E-state index is 12.8. The molecule has 1 atom stereocenters. The summed E-state index contributed by atoms with van der Waals surface area (Å²) in [5, 5.41) is 14.2. The lowest BCUT2D eigenvalue weighted by atomic mass is 10.00. The number of halogens is 1. The van der Waals surface area contributed by atoms with E-state index >= 15 is 0 Å². The summed E-state index contributed by atoms with van der Waals surface area (Å²) in [6.07, 6.45) is 1.71. The van der Waals surface area contributed by atoms with Crippen LogP contribution in [0.1, 0.15) is 12.8 Å². The molecule has 1 unspecified atom stereocenters. The quantitative estimate of drug-likeness (QED) is 0.611. The minimum absolute atomic E-state index is 0.225. The van der Waals surface area contributed by atoms with Gasteiger partial charge in [-0.1, -0.05) is 15.9 Å². The van der Waals surface area contributed by atoms with Gasteiger partial charge in [-0.15, -0.1) is 0 Å². The Bertz CT molecular complexity index is 663. The largest absolute Gasteiger partial charge is 0.319 e. The lowest BCUT2D eigenvalue weighted by molar-refractivity contribution is -0.387. The Morgan fingerprint density at radius 3 is 2.86 bits per heavy atom. The molecular weight excluding hydrogens is 374 g/mol. The van der Waals surface area contributed by atoms with E-state index in [2.05, 4.69) is 21.2 Å². The van der Waals surface area contributed by atoms with Crippen molar-refractivity contribution in [1.29, 1.82) is 0 Å². The monoisotopic (exact) mass is 391 g/mol. The Morgan fingerprint density at radius 1 is 1.50 bits per heavy atom. The number of nitrogens with one attached hydrogen (secondary N) is 1. The Labute approximate surface area is 138 Å². The van der Waals surface area contributed by atoms with E-state index < -0.39 is 20.6 Å². The van der Waals surface area contributed by atoms with Crippen LogP contribution in [0, 0.1) is 16.0 Å². The van der Waals surface area contributed by atoms with Crippen LogP contribution < -0.4 is 5.32 Å². The van der Waals surface area contributed by atoms with Crippen molar-refractivity contribution in [3.8, 4) is 0 Å². The molecule has 1 heterocycles. The predicted octanol–water partition coefficient (Wildman–Crippen LogP) is 1.98. The molecule has 9 heteroatoms. The van der Waals surface area contributed by atoms with E-state index in [1.165, 1.54) is 22.5 Å². The van der Waals surface area contributed by atoms with Crippen molar-refractivity contribution in [2.24, 2.45) is 5.92 Å². The van der Waals surface area contributed by atoms with Crippen LogP contribution >= 0.6 is 15.9 Å². The van der Waals surface area contributed by atoms with Crippen LogP contribution in [0.4, 0.5) is 5.69 Å². The molecule has 0 amide bonds. The zero-order valence-electron chi connectivity index (χ0n) is 12.2. The van der Waals surface area contributed by atoms with Crippen LogP contribution in [0.5, 0.6) is 0 Å². The molecule has 0 radical (unpaired) electrons. The molecule has 7 nitrogen and oxygen atoms in total. The standard InChI is InChI=1S/C13H18BrN3O4S/c1-15-8-10-3-2-6-16(9-10)22(20,21)13-5-4-11(14)7-12(13)17(18)19/h4-5,7,10,15H,2-3,6,8-9H2,1H3. The third-order valence-electron chi connectivity index (χ3n) is 3.71. The summed E-state index contributed by atoms with van der Waals surface area (Å²) in [6.45, 7) is 1.51. The highest BCUT2D eigenvalue weighted by molar-refractivity contribution is 9.10. The molecule has 1 aliphatic heterocycles. The molecule has 22 heavy (non-hydrogen) atoms. The minimum Gasteiger partial charge on any atom is -0.319 e. The number of hydrogen-bond acceptors (Lipinski definition) is 5. The Hall–Kier alpha value is -1.03. The van der Waals surface area contributed by atoms with Crippen LogP contribution in [0.15, 0.2) is 27.6 Å². The van der Waals surface area contributed by atoms with Crippen molar-refractivity contribution >= 4 is 31.6 Å². The molecule has 0 aromatic heterocycles. The van der Waals surface area contributed by atoms with Crippen LogP contribution in [0.25, 0.3) is 0 Å². The van der Waals surface area contributed by atoms with Gasteiger partial charge in [0.15, 0.2) is 4.90 Å². The van der Waals surface area contributed by atoms with Crippen molar-refractivity contribution in [2.75, 3.05) is 26.7 Å². The van der Waals surface area contributed by atoms with Crippen molar-refractivity contribution in [1.82, 2.24) is 9.62 Å². The Balaban J connectivity index is 2.36. The highest BCUT2D eigenvalue weighted by Gasteiger charge is 2.34. The number of piperidine rings is 1. The van der Waals surface area contributed by atoms with Gasteiger partial charge in [0.1, 0.15) is 0 Å². The summed E-state index contributed by atoms with van der Waals surface area (Å²) in [4.78, 5) is 10.3. The summed E-state index contributed by atoms with van der Waals surface area (Å²) in [7, 11) is -2.04. The fourth-order valence-corrected chi connectivity index (χ4v) is 4.73. The molecule has 0 bridgehead atoms. The van der Waals surface area contributed by atoms with E-state index in [4.69, 9.17) is 0 Å². The van der Waals surface area contributed by atoms with E-state index in [9.17, 15) is 18.5 Å². The molecule has 1 saturated heterocycles. The van der Waals surface area contributed by atoms with Gasteiger partial charge in [0.25, 0.3) is 5.69 Å². The highest BCUT2D eigenvalue weighted by Crippen LogP contribution is 2.31. The topological polar surface area (TPSA) is 92.6 Å². The van der Waals surface area contributed by atoms with Crippen LogP contribution in [-0.2, 0) is 10.0 Å². The number of rotatable bonds is 5. The van der Waals surface area contributed by atoms with Crippen LogP contribution in [-0.4, -0.2) is 44.3 Å². The maximum atomic E-state index is 12.8. The smallest absolute Gasteiger partial charge is 0.290 e. The van der Waals surface area contributed by atoms with Gasteiger partial charge < -0.3 is 5.32 Å². The first-order chi connectivity index (χ1) is 10.4. The zero-order chi connectivity index (χ0) is 16.3. The first kappa shape index (κ1) is 17.3. The normalized spacial score (nSPS) is 20.0. The molecule has 0 aliphatic carbocycles. The molecule has 0 saturated carbocycles. The van der Waals surface area contributed by atoms with E-state index in [1.807, 2.05) is 7.05 Å². The van der Waals surface area contributed by atoms with E-state index in [0.717, 1.165) is 19.4 Å². The summed E-state index contributed by atoms with van der Waals surface area (Å²) >= 11 is 3.14. The zero-order valence-corrected chi connectivity index (χ0v) is 14.6. The average Bonchev–Trinajstić information content (AvgIpc) is 2.47. The Morgan fingerprint density at radius 2 is 2.23 bits per heavy atom. The molecule has 1 N–H and O–H groups in total.